The van der Waals surface area contributed by atoms with Crippen LogP contribution in [0.25, 0.3) is 0 Å². The molecule has 0 atom stereocenters. The molecule has 1 aliphatic rings. The van der Waals surface area contributed by atoms with E-state index in [1.54, 1.807) is 0 Å². The molecule has 0 saturated carbocycles. The van der Waals surface area contributed by atoms with E-state index in [2.05, 4.69) is 11.2 Å². The van der Waals surface area contributed by atoms with Crippen LogP contribution in [-0.4, -0.2) is 36.5 Å². The van der Waals surface area contributed by atoms with Gasteiger partial charge in [-0.05, 0) is 32.2 Å². The summed E-state index contributed by atoms with van der Waals surface area (Å²) < 4.78 is 0. The van der Waals surface area contributed by atoms with E-state index in [-0.39, 0.29) is 0 Å². The number of thioether (sulfide) groups is 1. The van der Waals surface area contributed by atoms with Crippen LogP contribution in [0.1, 0.15) is 12.8 Å². The van der Waals surface area contributed by atoms with E-state index in [9.17, 15) is 0 Å². The predicted octanol–water partition coefficient (Wildman–Crippen LogP) is 1.45. The Bertz CT molecular complexity index is 69.3. The number of hydrogen-bond donors (Lipinski definition) is 0. The zero-order valence-electron chi connectivity index (χ0n) is 6.10. The lowest BCUT2D eigenvalue weighted by Crippen LogP contribution is -2.21. The molecular weight excluding hydrogens is 130 g/mol. The van der Waals surface area contributed by atoms with Crippen LogP contribution in [0, 0.1) is 0 Å². The Hall–Kier alpha value is 0.310. The third-order valence-electron chi connectivity index (χ3n) is 1.81. The number of rotatable bonds is 3. The molecule has 0 spiro atoms. The fourth-order valence-electron chi connectivity index (χ4n) is 1.23. The van der Waals surface area contributed by atoms with E-state index in [0.29, 0.717) is 0 Å². The lowest BCUT2D eigenvalue weighted by molar-refractivity contribution is 0.362. The molecule has 1 rings (SSSR count). The first-order valence-corrected chi connectivity index (χ1v) is 5.04. The molecule has 1 aliphatic heterocycles. The Morgan fingerprint density at radius 3 is 2.56 bits per heavy atom. The molecule has 0 aromatic rings. The number of hydrogen-bond acceptors (Lipinski definition) is 2. The quantitative estimate of drug-likeness (QED) is 0.591. The van der Waals surface area contributed by atoms with Gasteiger partial charge in [-0.25, -0.2) is 0 Å². The first kappa shape index (κ1) is 7.42. The molecule has 1 saturated heterocycles. The van der Waals surface area contributed by atoms with Crippen LogP contribution in [0.15, 0.2) is 0 Å². The molecule has 54 valence electrons. The average Bonchev–Trinajstić information content (AvgIpc) is 2.34. The maximum absolute atomic E-state index is 2.55. The topological polar surface area (TPSA) is 3.24 Å². The highest BCUT2D eigenvalue weighted by Crippen LogP contribution is 2.07. The van der Waals surface area contributed by atoms with Crippen molar-refractivity contribution in [3.63, 3.8) is 0 Å². The molecule has 0 aliphatic carbocycles. The van der Waals surface area contributed by atoms with Crippen LogP contribution in [-0.2, 0) is 0 Å². The lowest BCUT2D eigenvalue weighted by atomic mass is 10.4. The van der Waals surface area contributed by atoms with E-state index in [4.69, 9.17) is 0 Å². The molecule has 1 fully saturated rings. The van der Waals surface area contributed by atoms with Gasteiger partial charge in [0.25, 0.3) is 0 Å². The van der Waals surface area contributed by atoms with Crippen molar-refractivity contribution in [2.24, 2.45) is 0 Å². The van der Waals surface area contributed by atoms with Gasteiger partial charge in [0.2, 0.25) is 0 Å². The van der Waals surface area contributed by atoms with Crippen LogP contribution >= 0.6 is 11.8 Å². The van der Waals surface area contributed by atoms with Crippen LogP contribution in [0.3, 0.4) is 0 Å². The number of nitrogens with zero attached hydrogens (tertiary/aromatic N) is 1. The van der Waals surface area contributed by atoms with Crippen LogP contribution in [0.2, 0.25) is 0 Å². The van der Waals surface area contributed by atoms with E-state index in [1.165, 1.54) is 38.2 Å². The summed E-state index contributed by atoms with van der Waals surface area (Å²) in [4.78, 5) is 2.55. The first-order valence-electron chi connectivity index (χ1n) is 3.65. The summed E-state index contributed by atoms with van der Waals surface area (Å²) in [5, 5.41) is 0. The minimum absolute atomic E-state index is 1.31. The summed E-state index contributed by atoms with van der Waals surface area (Å²) >= 11 is 1.95. The molecule has 2 heteroatoms. The fourth-order valence-corrected chi connectivity index (χ4v) is 1.67. The molecule has 0 aromatic heterocycles. The largest absolute Gasteiger partial charge is 0.303 e. The maximum atomic E-state index is 2.55. The van der Waals surface area contributed by atoms with Gasteiger partial charge >= 0.3 is 0 Å². The summed E-state index contributed by atoms with van der Waals surface area (Å²) in [5.74, 6) is 1.31. The average molecular weight is 145 g/mol. The second-order valence-electron chi connectivity index (χ2n) is 2.54. The SMILES string of the molecule is CSCCN1CCCC1. The molecule has 0 radical (unpaired) electrons. The van der Waals surface area contributed by atoms with Crippen molar-refractivity contribution in [2.45, 2.75) is 12.8 Å². The van der Waals surface area contributed by atoms with Gasteiger partial charge in [0, 0.05) is 12.3 Å². The van der Waals surface area contributed by atoms with Crippen molar-refractivity contribution in [2.75, 3.05) is 31.6 Å². The van der Waals surface area contributed by atoms with E-state index in [1.807, 2.05) is 11.8 Å². The van der Waals surface area contributed by atoms with Gasteiger partial charge in [0.1, 0.15) is 0 Å². The van der Waals surface area contributed by atoms with Crippen molar-refractivity contribution in [3.05, 3.63) is 0 Å². The van der Waals surface area contributed by atoms with Crippen molar-refractivity contribution < 1.29 is 0 Å². The highest BCUT2D eigenvalue weighted by molar-refractivity contribution is 7.98. The summed E-state index contributed by atoms with van der Waals surface area (Å²) in [5.41, 5.74) is 0. The third-order valence-corrected chi connectivity index (χ3v) is 2.40. The maximum Gasteiger partial charge on any atom is 0.00722 e. The Morgan fingerprint density at radius 1 is 1.33 bits per heavy atom. The van der Waals surface area contributed by atoms with Crippen molar-refractivity contribution >= 4 is 11.8 Å². The molecule has 1 heterocycles. The Labute approximate surface area is 61.8 Å². The van der Waals surface area contributed by atoms with Crippen molar-refractivity contribution in [1.29, 1.82) is 0 Å². The second kappa shape index (κ2) is 4.18. The van der Waals surface area contributed by atoms with Gasteiger partial charge < -0.3 is 4.90 Å². The van der Waals surface area contributed by atoms with Gasteiger partial charge in [-0.2, -0.15) is 11.8 Å². The molecule has 0 bridgehead atoms. The third kappa shape index (κ3) is 2.59. The smallest absolute Gasteiger partial charge is 0.00722 e. The van der Waals surface area contributed by atoms with E-state index < -0.39 is 0 Å². The molecule has 0 N–H and O–H groups in total. The highest BCUT2D eigenvalue weighted by atomic mass is 32.2. The van der Waals surface area contributed by atoms with Crippen LogP contribution in [0.4, 0.5) is 0 Å². The van der Waals surface area contributed by atoms with E-state index in [0.717, 1.165) is 0 Å². The fraction of sp³-hybridized carbons (Fsp3) is 1.00. The van der Waals surface area contributed by atoms with Crippen molar-refractivity contribution in [3.8, 4) is 0 Å². The minimum Gasteiger partial charge on any atom is -0.303 e. The lowest BCUT2D eigenvalue weighted by Gasteiger charge is -2.12. The monoisotopic (exact) mass is 145 g/mol. The zero-order chi connectivity index (χ0) is 6.53. The Balaban J connectivity index is 1.98. The molecule has 0 aromatic carbocycles. The highest BCUT2D eigenvalue weighted by Gasteiger charge is 2.09. The first-order chi connectivity index (χ1) is 4.43. The van der Waals surface area contributed by atoms with Crippen LogP contribution in [0.5, 0.6) is 0 Å². The van der Waals surface area contributed by atoms with Crippen LogP contribution < -0.4 is 0 Å². The molecular formula is C7H15NS. The molecule has 1 nitrogen and oxygen atoms in total. The van der Waals surface area contributed by atoms with Gasteiger partial charge in [-0.1, -0.05) is 0 Å². The summed E-state index contributed by atoms with van der Waals surface area (Å²) in [7, 11) is 0. The van der Waals surface area contributed by atoms with E-state index >= 15 is 0 Å². The standard InChI is InChI=1S/C7H15NS/c1-9-7-6-8-4-2-3-5-8/h2-7H2,1H3. The Morgan fingerprint density at radius 2 is 2.00 bits per heavy atom. The minimum atomic E-state index is 1.31. The molecule has 9 heavy (non-hydrogen) atoms. The predicted molar refractivity (Wildman–Crippen MR) is 44.1 cm³/mol. The normalized spacial score (nSPS) is 21.0. The molecule has 0 unspecified atom stereocenters. The summed E-state index contributed by atoms with van der Waals surface area (Å²) in [6, 6.07) is 0. The van der Waals surface area contributed by atoms with Gasteiger partial charge in [-0.3, -0.25) is 0 Å². The van der Waals surface area contributed by atoms with Gasteiger partial charge in [-0.15, -0.1) is 0 Å². The summed E-state index contributed by atoms with van der Waals surface area (Å²) in [6.45, 7) is 4.00. The summed E-state index contributed by atoms with van der Waals surface area (Å²) in [6.07, 6.45) is 5.03. The number of likely N-dealkylation sites (tertiary alicyclic amines) is 1. The molecule has 0 amide bonds. The Kier molecular flexibility index (Phi) is 3.44. The zero-order valence-corrected chi connectivity index (χ0v) is 6.91. The van der Waals surface area contributed by atoms with Crippen molar-refractivity contribution in [1.82, 2.24) is 4.90 Å². The van der Waals surface area contributed by atoms with Gasteiger partial charge in [0.15, 0.2) is 0 Å². The van der Waals surface area contributed by atoms with Gasteiger partial charge in [0.05, 0.1) is 0 Å². The second-order valence-corrected chi connectivity index (χ2v) is 3.53.